The molecule has 5 nitrogen and oxygen atoms in total. The van der Waals surface area contributed by atoms with Gasteiger partial charge in [0.2, 0.25) is 0 Å². The molecule has 1 heterocycles. The van der Waals surface area contributed by atoms with E-state index in [0.717, 1.165) is 4.47 Å². The molecule has 2 unspecified atom stereocenters. The molecule has 19 heavy (non-hydrogen) atoms. The van der Waals surface area contributed by atoms with E-state index < -0.39 is 17.9 Å². The summed E-state index contributed by atoms with van der Waals surface area (Å²) in [6.45, 7) is 0.410. The first-order chi connectivity index (χ1) is 9.00. The Morgan fingerprint density at radius 3 is 2.53 bits per heavy atom. The molecule has 0 bridgehead atoms. The van der Waals surface area contributed by atoms with Crippen LogP contribution in [-0.4, -0.2) is 48.2 Å². The first kappa shape index (κ1) is 14.0. The van der Waals surface area contributed by atoms with Crippen molar-refractivity contribution in [1.29, 1.82) is 0 Å². The van der Waals surface area contributed by atoms with E-state index in [1.807, 2.05) is 0 Å². The molecule has 2 rings (SSSR count). The Morgan fingerprint density at radius 1 is 1.32 bits per heavy atom. The Morgan fingerprint density at radius 2 is 1.95 bits per heavy atom. The molecule has 0 aliphatic carbocycles. The summed E-state index contributed by atoms with van der Waals surface area (Å²) in [6, 6.07) is 6.54. The monoisotopic (exact) mass is 327 g/mol. The summed E-state index contributed by atoms with van der Waals surface area (Å²) in [5.41, 5.74) is 0.529. The zero-order chi connectivity index (χ0) is 14.0. The Balaban J connectivity index is 2.14. The second-order valence-electron chi connectivity index (χ2n) is 4.47. The molecule has 0 saturated carbocycles. The van der Waals surface area contributed by atoms with Gasteiger partial charge in [-0.25, -0.2) is 0 Å². The summed E-state index contributed by atoms with van der Waals surface area (Å²) in [4.78, 5) is 24.8. The normalized spacial score (nSPS) is 22.2. The Labute approximate surface area is 119 Å². The lowest BCUT2D eigenvalue weighted by Gasteiger charge is -2.26. The van der Waals surface area contributed by atoms with E-state index in [-0.39, 0.29) is 19.1 Å². The van der Waals surface area contributed by atoms with E-state index in [2.05, 4.69) is 15.9 Å². The van der Waals surface area contributed by atoms with Crippen LogP contribution in [0.15, 0.2) is 28.7 Å². The van der Waals surface area contributed by atoms with Crippen molar-refractivity contribution in [3.05, 3.63) is 34.3 Å². The van der Waals surface area contributed by atoms with Gasteiger partial charge in [-0.2, -0.15) is 0 Å². The first-order valence-electron chi connectivity index (χ1n) is 5.84. The predicted octanol–water partition coefficient (Wildman–Crippen LogP) is 1.62. The van der Waals surface area contributed by atoms with Crippen LogP contribution in [0.3, 0.4) is 0 Å². The van der Waals surface area contributed by atoms with Crippen molar-refractivity contribution >= 4 is 27.8 Å². The number of ether oxygens (including phenoxy) is 1. The van der Waals surface area contributed by atoms with E-state index in [4.69, 9.17) is 9.84 Å². The highest BCUT2D eigenvalue weighted by Crippen LogP contribution is 2.21. The number of carboxylic acids is 1. The number of aliphatic carboxylic acids is 1. The zero-order valence-corrected chi connectivity index (χ0v) is 12.0. The Bertz CT molecular complexity index is 488. The fraction of sp³-hybridized carbons (Fsp3) is 0.385. The van der Waals surface area contributed by atoms with Crippen LogP contribution in [0.5, 0.6) is 0 Å². The SMILES string of the molecule is CN(C(=O)c1ccc(Br)cc1)C1COCC1C(=O)O. The topological polar surface area (TPSA) is 66.8 Å². The molecule has 1 aliphatic heterocycles. The number of rotatable bonds is 3. The summed E-state index contributed by atoms with van der Waals surface area (Å²) >= 11 is 3.30. The van der Waals surface area contributed by atoms with Gasteiger partial charge in [0, 0.05) is 17.1 Å². The number of halogens is 1. The summed E-state index contributed by atoms with van der Waals surface area (Å²) in [6.07, 6.45) is 0. The average molecular weight is 328 g/mol. The third-order valence-corrected chi connectivity index (χ3v) is 3.81. The number of hydrogen-bond acceptors (Lipinski definition) is 3. The molecule has 0 radical (unpaired) electrons. The smallest absolute Gasteiger partial charge is 0.311 e. The van der Waals surface area contributed by atoms with Crippen molar-refractivity contribution in [2.45, 2.75) is 6.04 Å². The summed E-state index contributed by atoms with van der Waals surface area (Å²) < 4.78 is 6.06. The molecular formula is C13H14BrNO4. The summed E-state index contributed by atoms with van der Waals surface area (Å²) in [5, 5.41) is 9.10. The highest BCUT2D eigenvalue weighted by Gasteiger charge is 2.38. The predicted molar refractivity (Wildman–Crippen MR) is 72.0 cm³/mol. The van der Waals surface area contributed by atoms with Crippen molar-refractivity contribution in [2.24, 2.45) is 5.92 Å². The fourth-order valence-corrected chi connectivity index (χ4v) is 2.37. The fourth-order valence-electron chi connectivity index (χ4n) is 2.11. The second kappa shape index (κ2) is 5.71. The van der Waals surface area contributed by atoms with Crippen molar-refractivity contribution < 1.29 is 19.4 Å². The molecule has 0 spiro atoms. The lowest BCUT2D eigenvalue weighted by molar-refractivity contribution is -0.142. The first-order valence-corrected chi connectivity index (χ1v) is 6.63. The quantitative estimate of drug-likeness (QED) is 0.916. The molecule has 1 aromatic rings. The summed E-state index contributed by atoms with van der Waals surface area (Å²) in [7, 11) is 1.61. The van der Waals surface area contributed by atoms with Gasteiger partial charge in [0.05, 0.1) is 19.3 Å². The third kappa shape index (κ3) is 2.96. The van der Waals surface area contributed by atoms with E-state index in [9.17, 15) is 9.59 Å². The highest BCUT2D eigenvalue weighted by atomic mass is 79.9. The van der Waals surface area contributed by atoms with Crippen LogP contribution in [-0.2, 0) is 9.53 Å². The number of hydrogen-bond donors (Lipinski definition) is 1. The maximum absolute atomic E-state index is 12.3. The average Bonchev–Trinajstić information content (AvgIpc) is 2.87. The van der Waals surface area contributed by atoms with Crippen LogP contribution >= 0.6 is 15.9 Å². The van der Waals surface area contributed by atoms with Crippen LogP contribution < -0.4 is 0 Å². The Hall–Kier alpha value is -1.40. The van der Waals surface area contributed by atoms with Gasteiger partial charge in [-0.05, 0) is 24.3 Å². The number of likely N-dealkylation sites (N-methyl/N-ethyl adjacent to an activating group) is 1. The van der Waals surface area contributed by atoms with Gasteiger partial charge in [0.1, 0.15) is 5.92 Å². The van der Waals surface area contributed by atoms with Crippen molar-refractivity contribution in [3.63, 3.8) is 0 Å². The third-order valence-electron chi connectivity index (χ3n) is 3.28. The van der Waals surface area contributed by atoms with Crippen LogP contribution in [0.2, 0.25) is 0 Å². The second-order valence-corrected chi connectivity index (χ2v) is 5.39. The zero-order valence-electron chi connectivity index (χ0n) is 10.4. The van der Waals surface area contributed by atoms with Gasteiger partial charge >= 0.3 is 5.97 Å². The van der Waals surface area contributed by atoms with Gasteiger partial charge in [-0.15, -0.1) is 0 Å². The minimum absolute atomic E-state index is 0.151. The van der Waals surface area contributed by atoms with Crippen molar-refractivity contribution in [2.75, 3.05) is 20.3 Å². The van der Waals surface area contributed by atoms with Gasteiger partial charge in [0.25, 0.3) is 5.91 Å². The molecule has 102 valence electrons. The molecule has 1 amide bonds. The van der Waals surface area contributed by atoms with Gasteiger partial charge < -0.3 is 14.7 Å². The molecule has 6 heteroatoms. The largest absolute Gasteiger partial charge is 0.481 e. The minimum Gasteiger partial charge on any atom is -0.481 e. The van der Waals surface area contributed by atoms with E-state index in [1.165, 1.54) is 4.90 Å². The lowest BCUT2D eigenvalue weighted by Crippen LogP contribution is -2.44. The summed E-state index contributed by atoms with van der Waals surface area (Å²) in [5.74, 6) is -1.79. The van der Waals surface area contributed by atoms with Crippen molar-refractivity contribution in [3.8, 4) is 0 Å². The minimum atomic E-state index is -0.932. The van der Waals surface area contributed by atoms with E-state index in [0.29, 0.717) is 5.56 Å². The maximum atomic E-state index is 12.3. The molecule has 1 saturated heterocycles. The van der Waals surface area contributed by atoms with Crippen LogP contribution in [0.25, 0.3) is 0 Å². The van der Waals surface area contributed by atoms with Crippen LogP contribution in [0.1, 0.15) is 10.4 Å². The van der Waals surface area contributed by atoms with E-state index >= 15 is 0 Å². The van der Waals surface area contributed by atoms with Gasteiger partial charge in [-0.3, -0.25) is 9.59 Å². The van der Waals surface area contributed by atoms with E-state index in [1.54, 1.807) is 31.3 Å². The molecule has 1 fully saturated rings. The molecule has 0 aromatic heterocycles. The highest BCUT2D eigenvalue weighted by molar-refractivity contribution is 9.10. The van der Waals surface area contributed by atoms with Gasteiger partial charge in [-0.1, -0.05) is 15.9 Å². The van der Waals surface area contributed by atoms with Crippen LogP contribution in [0.4, 0.5) is 0 Å². The number of benzene rings is 1. The lowest BCUT2D eigenvalue weighted by atomic mass is 10.0. The molecule has 2 atom stereocenters. The molecule has 1 aromatic carbocycles. The van der Waals surface area contributed by atoms with Gasteiger partial charge in [0.15, 0.2) is 0 Å². The number of carboxylic acid groups (broad SMARTS) is 1. The van der Waals surface area contributed by atoms with Crippen molar-refractivity contribution in [1.82, 2.24) is 4.90 Å². The molecular weight excluding hydrogens is 314 g/mol. The number of nitrogens with zero attached hydrogens (tertiary/aromatic N) is 1. The number of carbonyl (C=O) groups is 2. The maximum Gasteiger partial charge on any atom is 0.311 e. The Kier molecular flexibility index (Phi) is 4.21. The number of carbonyl (C=O) groups excluding carboxylic acids is 1. The standard InChI is InChI=1S/C13H14BrNO4/c1-15(11-7-19-6-10(11)13(17)18)12(16)8-2-4-9(14)5-3-8/h2-5,10-11H,6-7H2,1H3,(H,17,18). The number of amides is 1. The molecule has 1 aliphatic rings. The van der Waals surface area contributed by atoms with Crippen LogP contribution in [0, 0.1) is 5.92 Å². The molecule has 1 N–H and O–H groups in total.